The van der Waals surface area contributed by atoms with Crippen LogP contribution in [0, 0.1) is 13.8 Å². The smallest absolute Gasteiger partial charge is 0.260 e. The number of nitrogens with zero attached hydrogens (tertiary/aromatic N) is 3. The van der Waals surface area contributed by atoms with Crippen LogP contribution >= 0.6 is 23.7 Å². The van der Waals surface area contributed by atoms with Crippen molar-refractivity contribution in [2.75, 3.05) is 38.7 Å². The summed E-state index contributed by atoms with van der Waals surface area (Å²) in [6, 6.07) is 11.9. The SMILES string of the molecule is CCOc1ccc2nc(N(CCN(C)C)C(=O)c3cc(C)ccc3C)sc2c1.Cl. The molecule has 0 unspecified atom stereocenters. The molecule has 0 fully saturated rings. The predicted octanol–water partition coefficient (Wildman–Crippen LogP) is 4.94. The number of aryl methyl sites for hydroxylation is 2. The molecule has 29 heavy (non-hydrogen) atoms. The number of thiazole rings is 1. The third-order valence-electron chi connectivity index (χ3n) is 4.53. The average molecular weight is 434 g/mol. The van der Waals surface area contributed by atoms with Crippen LogP contribution in [-0.4, -0.2) is 49.6 Å². The fourth-order valence-electron chi connectivity index (χ4n) is 2.96. The van der Waals surface area contributed by atoms with Crippen molar-refractivity contribution in [2.24, 2.45) is 0 Å². The third kappa shape index (κ3) is 5.47. The molecule has 0 radical (unpaired) electrons. The highest BCUT2D eigenvalue weighted by atomic mass is 35.5. The number of likely N-dealkylation sites (N-methyl/N-ethyl adjacent to an activating group) is 1. The first kappa shape index (κ1) is 23.1. The van der Waals surface area contributed by atoms with Gasteiger partial charge in [0.1, 0.15) is 5.75 Å². The zero-order valence-corrected chi connectivity index (χ0v) is 19.2. The van der Waals surface area contributed by atoms with Gasteiger partial charge >= 0.3 is 0 Å². The molecule has 0 aliphatic heterocycles. The Balaban J connectivity index is 0.00000300. The van der Waals surface area contributed by atoms with Crippen LogP contribution in [0.2, 0.25) is 0 Å². The Morgan fingerprint density at radius 2 is 1.86 bits per heavy atom. The Morgan fingerprint density at radius 1 is 1.10 bits per heavy atom. The Kier molecular flexibility index (Phi) is 8.02. The number of hydrogen-bond acceptors (Lipinski definition) is 5. The molecule has 1 amide bonds. The second-order valence-corrected chi connectivity index (χ2v) is 8.15. The Morgan fingerprint density at radius 3 is 2.55 bits per heavy atom. The lowest BCUT2D eigenvalue weighted by Crippen LogP contribution is -2.37. The zero-order valence-electron chi connectivity index (χ0n) is 17.6. The molecule has 0 spiro atoms. The van der Waals surface area contributed by atoms with E-state index >= 15 is 0 Å². The summed E-state index contributed by atoms with van der Waals surface area (Å²) >= 11 is 1.53. The van der Waals surface area contributed by atoms with Gasteiger partial charge in [0.25, 0.3) is 5.91 Å². The van der Waals surface area contributed by atoms with E-state index in [1.54, 1.807) is 4.90 Å². The van der Waals surface area contributed by atoms with Crippen molar-refractivity contribution in [3.05, 3.63) is 53.1 Å². The molecule has 0 saturated carbocycles. The van der Waals surface area contributed by atoms with E-state index < -0.39 is 0 Å². The van der Waals surface area contributed by atoms with E-state index in [9.17, 15) is 4.79 Å². The second-order valence-electron chi connectivity index (χ2n) is 7.14. The van der Waals surface area contributed by atoms with Crippen molar-refractivity contribution in [2.45, 2.75) is 20.8 Å². The minimum atomic E-state index is -0.00728. The van der Waals surface area contributed by atoms with E-state index in [0.29, 0.717) is 13.2 Å². The summed E-state index contributed by atoms with van der Waals surface area (Å²) in [6.45, 7) is 7.91. The highest BCUT2D eigenvalue weighted by Gasteiger charge is 2.23. The van der Waals surface area contributed by atoms with E-state index in [2.05, 4.69) is 4.90 Å². The van der Waals surface area contributed by atoms with Crippen LogP contribution < -0.4 is 9.64 Å². The largest absolute Gasteiger partial charge is 0.494 e. The maximum atomic E-state index is 13.4. The third-order valence-corrected chi connectivity index (χ3v) is 5.57. The van der Waals surface area contributed by atoms with Crippen LogP contribution in [0.5, 0.6) is 5.75 Å². The predicted molar refractivity (Wildman–Crippen MR) is 124 cm³/mol. The van der Waals surface area contributed by atoms with Crippen molar-refractivity contribution in [1.82, 2.24) is 9.88 Å². The van der Waals surface area contributed by atoms with Crippen LogP contribution in [0.15, 0.2) is 36.4 Å². The molecular formula is C22H28ClN3O2S. The number of aromatic nitrogens is 1. The lowest BCUT2D eigenvalue weighted by molar-refractivity contribution is 0.0984. The molecule has 3 rings (SSSR count). The molecule has 0 aliphatic carbocycles. The average Bonchev–Trinajstić information content (AvgIpc) is 3.06. The van der Waals surface area contributed by atoms with Gasteiger partial charge in [-0.1, -0.05) is 29.0 Å². The maximum Gasteiger partial charge on any atom is 0.260 e. The summed E-state index contributed by atoms with van der Waals surface area (Å²) in [4.78, 5) is 22.0. The first-order chi connectivity index (χ1) is 13.4. The number of ether oxygens (including phenoxy) is 1. The van der Waals surface area contributed by atoms with Crippen LogP contribution in [-0.2, 0) is 0 Å². The van der Waals surface area contributed by atoms with Crippen LogP contribution in [0.3, 0.4) is 0 Å². The summed E-state index contributed by atoms with van der Waals surface area (Å²) < 4.78 is 6.62. The van der Waals surface area contributed by atoms with E-state index in [-0.39, 0.29) is 18.3 Å². The van der Waals surface area contributed by atoms with Gasteiger partial charge < -0.3 is 9.64 Å². The van der Waals surface area contributed by atoms with Gasteiger partial charge in [0, 0.05) is 18.7 Å². The van der Waals surface area contributed by atoms with Gasteiger partial charge in [-0.3, -0.25) is 9.69 Å². The molecule has 156 valence electrons. The Labute approximate surface area is 182 Å². The quantitative estimate of drug-likeness (QED) is 0.529. The van der Waals surface area contributed by atoms with Gasteiger partial charge in [0.2, 0.25) is 0 Å². The van der Waals surface area contributed by atoms with Gasteiger partial charge in [-0.05, 0) is 64.7 Å². The van der Waals surface area contributed by atoms with E-state index in [4.69, 9.17) is 9.72 Å². The number of benzene rings is 2. The molecule has 0 saturated heterocycles. The summed E-state index contributed by atoms with van der Waals surface area (Å²) in [6.07, 6.45) is 0. The number of carbonyl (C=O) groups excluding carboxylic acids is 1. The Bertz CT molecular complexity index is 987. The van der Waals surface area contributed by atoms with Gasteiger partial charge in [0.05, 0.1) is 16.8 Å². The lowest BCUT2D eigenvalue weighted by atomic mass is 10.0. The van der Waals surface area contributed by atoms with Gasteiger partial charge in [0.15, 0.2) is 5.13 Å². The zero-order chi connectivity index (χ0) is 20.3. The molecule has 1 aromatic heterocycles. The van der Waals surface area contributed by atoms with Crippen molar-refractivity contribution >= 4 is 45.0 Å². The molecular weight excluding hydrogens is 406 g/mol. The molecule has 0 bridgehead atoms. The van der Waals surface area contributed by atoms with E-state index in [0.717, 1.165) is 44.3 Å². The van der Waals surface area contributed by atoms with E-state index in [1.807, 2.05) is 71.3 Å². The first-order valence-electron chi connectivity index (χ1n) is 9.46. The normalized spacial score (nSPS) is 10.8. The molecule has 0 aliphatic rings. The Hall–Kier alpha value is -2.15. The summed E-state index contributed by atoms with van der Waals surface area (Å²) in [5.74, 6) is 0.818. The van der Waals surface area contributed by atoms with Crippen molar-refractivity contribution in [1.29, 1.82) is 0 Å². The minimum Gasteiger partial charge on any atom is -0.494 e. The monoisotopic (exact) mass is 433 g/mol. The van der Waals surface area contributed by atoms with Gasteiger partial charge in [-0.25, -0.2) is 4.98 Å². The van der Waals surface area contributed by atoms with Crippen LogP contribution in [0.25, 0.3) is 10.2 Å². The fourth-order valence-corrected chi connectivity index (χ4v) is 3.98. The molecule has 2 aromatic carbocycles. The lowest BCUT2D eigenvalue weighted by Gasteiger charge is -2.23. The van der Waals surface area contributed by atoms with Gasteiger partial charge in [-0.15, -0.1) is 12.4 Å². The van der Waals surface area contributed by atoms with Crippen molar-refractivity contribution in [3.8, 4) is 5.75 Å². The number of anilines is 1. The fraction of sp³-hybridized carbons (Fsp3) is 0.364. The summed E-state index contributed by atoms with van der Waals surface area (Å²) in [7, 11) is 4.01. The number of hydrogen-bond donors (Lipinski definition) is 0. The molecule has 7 heteroatoms. The molecule has 1 heterocycles. The van der Waals surface area contributed by atoms with Crippen molar-refractivity contribution < 1.29 is 9.53 Å². The number of fused-ring (bicyclic) bond motifs is 1. The number of carbonyl (C=O) groups is 1. The highest BCUT2D eigenvalue weighted by molar-refractivity contribution is 7.22. The molecule has 5 nitrogen and oxygen atoms in total. The topological polar surface area (TPSA) is 45.7 Å². The minimum absolute atomic E-state index is 0. The van der Waals surface area contributed by atoms with Crippen LogP contribution in [0.4, 0.5) is 5.13 Å². The van der Waals surface area contributed by atoms with Crippen LogP contribution in [0.1, 0.15) is 28.4 Å². The summed E-state index contributed by atoms with van der Waals surface area (Å²) in [5.41, 5.74) is 3.66. The molecule has 3 aromatic rings. The first-order valence-corrected chi connectivity index (χ1v) is 10.3. The number of halogens is 1. The standard InChI is InChI=1S/C22H27N3O2S.ClH/c1-6-27-17-9-10-19-20(14-17)28-22(23-19)25(12-11-24(4)5)21(26)18-13-15(2)7-8-16(18)3;/h7-10,13-14H,6,11-12H2,1-5H3;1H. The maximum absolute atomic E-state index is 13.4. The summed E-state index contributed by atoms with van der Waals surface area (Å²) in [5, 5.41) is 0.719. The second kappa shape index (κ2) is 10.1. The highest BCUT2D eigenvalue weighted by Crippen LogP contribution is 2.32. The van der Waals surface area contributed by atoms with E-state index in [1.165, 1.54) is 11.3 Å². The molecule has 0 atom stereocenters. The van der Waals surface area contributed by atoms with Crippen molar-refractivity contribution in [3.63, 3.8) is 0 Å². The van der Waals surface area contributed by atoms with Gasteiger partial charge in [-0.2, -0.15) is 0 Å². The number of rotatable bonds is 7. The molecule has 0 N–H and O–H groups in total. The number of amides is 1.